The summed E-state index contributed by atoms with van der Waals surface area (Å²) in [6, 6.07) is -0.782. The van der Waals surface area contributed by atoms with Gasteiger partial charge in [0.2, 0.25) is 0 Å². The maximum atomic E-state index is 12.1. The molecule has 0 aromatic rings. The first kappa shape index (κ1) is 17.2. The van der Waals surface area contributed by atoms with Gasteiger partial charge in [0.15, 0.2) is 17.6 Å². The minimum atomic E-state index is -0.899. The van der Waals surface area contributed by atoms with E-state index < -0.39 is 29.9 Å². The van der Waals surface area contributed by atoms with Crippen molar-refractivity contribution in [1.29, 1.82) is 0 Å². The van der Waals surface area contributed by atoms with Crippen molar-refractivity contribution in [3.63, 3.8) is 0 Å². The summed E-state index contributed by atoms with van der Waals surface area (Å²) in [5.41, 5.74) is 11.1. The molecule has 1 saturated carbocycles. The Morgan fingerprint density at radius 1 is 1.31 bits per heavy atom. The van der Waals surface area contributed by atoms with Gasteiger partial charge < -0.3 is 36.8 Å². The van der Waals surface area contributed by atoms with Crippen molar-refractivity contribution in [2.75, 3.05) is 13.2 Å². The molecule has 4 atom stereocenters. The fraction of sp³-hybridized carbons (Fsp3) is 0.812. The monoisotopic (exact) mass is 365 g/mol. The van der Waals surface area contributed by atoms with Gasteiger partial charge in [0.05, 0.1) is 6.10 Å². The van der Waals surface area contributed by atoms with E-state index in [0.717, 1.165) is 25.7 Å². The van der Waals surface area contributed by atoms with Crippen LogP contribution in [0.3, 0.4) is 0 Å². The lowest BCUT2D eigenvalue weighted by atomic mass is 9.89. The average Bonchev–Trinajstić information content (AvgIpc) is 3.14. The maximum Gasteiger partial charge on any atom is 0.407 e. The summed E-state index contributed by atoms with van der Waals surface area (Å²) in [6.45, 7) is 0.600. The highest BCUT2D eigenvalue weighted by Crippen LogP contribution is 2.39. The molecule has 3 aliphatic heterocycles. The van der Waals surface area contributed by atoms with Crippen molar-refractivity contribution >= 4 is 18.0 Å². The highest BCUT2D eigenvalue weighted by atomic mass is 16.5. The Bertz CT molecular complexity index is 633. The fourth-order valence-electron chi connectivity index (χ4n) is 4.64. The zero-order valence-electron chi connectivity index (χ0n) is 14.7. The lowest BCUT2D eigenvalue weighted by Crippen LogP contribution is -2.72. The van der Waals surface area contributed by atoms with Crippen molar-refractivity contribution in [3.8, 4) is 0 Å². The van der Waals surface area contributed by atoms with Gasteiger partial charge in [0.1, 0.15) is 18.7 Å². The van der Waals surface area contributed by atoms with Gasteiger partial charge in [-0.15, -0.1) is 0 Å². The van der Waals surface area contributed by atoms with Crippen molar-refractivity contribution in [3.05, 3.63) is 0 Å². The van der Waals surface area contributed by atoms with Crippen LogP contribution in [0.5, 0.6) is 0 Å². The second kappa shape index (κ2) is 6.49. The number of hydrogen-bond donors (Lipinski definition) is 5. The molecule has 2 fully saturated rings. The standard InChI is InChI=1S/C16H27N7O3/c17-13-21-12-10(8-26-15(25)19-9-4-2-1-3-5-9)20-14(18)23-7-6-11(24)16(12,23)22-13/h9-12,24H,1-8H2,(H2,18,20)(H,19,25)(H3,17,21,22)/t10?,11-,12-,16?/m0/s1. The third kappa shape index (κ3) is 2.72. The lowest BCUT2D eigenvalue weighted by molar-refractivity contribution is 0.0144. The lowest BCUT2D eigenvalue weighted by Gasteiger charge is -2.46. The highest BCUT2D eigenvalue weighted by Gasteiger charge is 2.62. The molecule has 0 radical (unpaired) electrons. The van der Waals surface area contributed by atoms with Crippen molar-refractivity contribution < 1.29 is 14.6 Å². The van der Waals surface area contributed by atoms with Crippen LogP contribution in [-0.4, -0.2) is 71.1 Å². The smallest absolute Gasteiger partial charge is 0.407 e. The van der Waals surface area contributed by atoms with Crippen LogP contribution in [0.25, 0.3) is 0 Å². The van der Waals surface area contributed by atoms with Gasteiger partial charge in [0, 0.05) is 12.6 Å². The molecule has 0 aromatic heterocycles. The molecular formula is C16H27N7O3. The summed E-state index contributed by atoms with van der Waals surface area (Å²) < 4.78 is 5.41. The first-order chi connectivity index (χ1) is 12.5. The van der Waals surface area contributed by atoms with Gasteiger partial charge in [-0.25, -0.2) is 14.8 Å². The SMILES string of the molecule is NC1=N[C@H]2C(COC(=O)NC3CCCCC3)N=C(N)N3CC[C@H](O)C23N1. The van der Waals surface area contributed by atoms with E-state index >= 15 is 0 Å². The predicted octanol–water partition coefficient (Wildman–Crippen LogP) is -1.21. The van der Waals surface area contributed by atoms with Gasteiger partial charge >= 0.3 is 6.09 Å². The van der Waals surface area contributed by atoms with E-state index in [1.807, 2.05) is 4.90 Å². The molecule has 26 heavy (non-hydrogen) atoms. The Kier molecular flexibility index (Phi) is 4.29. The van der Waals surface area contributed by atoms with E-state index in [4.69, 9.17) is 16.2 Å². The number of guanidine groups is 2. The van der Waals surface area contributed by atoms with E-state index in [2.05, 4.69) is 20.6 Å². The highest BCUT2D eigenvalue weighted by molar-refractivity contribution is 5.87. The molecular weight excluding hydrogens is 338 g/mol. The number of aliphatic hydroxyl groups is 1. The minimum absolute atomic E-state index is 0.0324. The predicted molar refractivity (Wildman–Crippen MR) is 95.4 cm³/mol. The largest absolute Gasteiger partial charge is 0.447 e. The Morgan fingerprint density at radius 3 is 2.85 bits per heavy atom. The third-order valence-electron chi connectivity index (χ3n) is 5.89. The Balaban J connectivity index is 1.43. The number of alkyl carbamates (subject to hydrolysis) is 1. The average molecular weight is 365 g/mol. The van der Waals surface area contributed by atoms with Gasteiger partial charge in [-0.1, -0.05) is 19.3 Å². The second-order valence-electron chi connectivity index (χ2n) is 7.50. The zero-order valence-corrected chi connectivity index (χ0v) is 14.7. The quantitative estimate of drug-likeness (QED) is 0.421. The maximum absolute atomic E-state index is 12.1. The number of amides is 1. The van der Waals surface area contributed by atoms with Crippen LogP contribution in [0.4, 0.5) is 4.79 Å². The van der Waals surface area contributed by atoms with Crippen LogP contribution in [-0.2, 0) is 4.74 Å². The van der Waals surface area contributed by atoms with Crippen LogP contribution in [0.2, 0.25) is 0 Å². The first-order valence-electron chi connectivity index (χ1n) is 9.34. The number of nitrogens with two attached hydrogens (primary N) is 2. The van der Waals surface area contributed by atoms with Gasteiger partial charge in [0.25, 0.3) is 0 Å². The molecule has 0 bridgehead atoms. The summed E-state index contributed by atoms with van der Waals surface area (Å²) in [4.78, 5) is 22.8. The minimum Gasteiger partial charge on any atom is -0.447 e. The van der Waals surface area contributed by atoms with Crippen LogP contribution < -0.4 is 22.1 Å². The van der Waals surface area contributed by atoms with Crippen LogP contribution in [0.15, 0.2) is 9.98 Å². The summed E-state index contributed by atoms with van der Waals surface area (Å²) in [5, 5.41) is 16.6. The molecule has 1 aliphatic carbocycles. The van der Waals surface area contributed by atoms with Gasteiger partial charge in [-0.05, 0) is 19.3 Å². The number of rotatable bonds is 3. The Hall–Kier alpha value is -2.23. The molecule has 144 valence electrons. The van der Waals surface area contributed by atoms with Gasteiger partial charge in [-0.2, -0.15) is 0 Å². The molecule has 2 unspecified atom stereocenters. The molecule has 4 rings (SSSR count). The van der Waals surface area contributed by atoms with E-state index in [-0.39, 0.29) is 18.6 Å². The molecule has 1 saturated heterocycles. The number of nitrogens with zero attached hydrogens (tertiary/aromatic N) is 3. The Morgan fingerprint density at radius 2 is 2.08 bits per heavy atom. The topological polar surface area (TPSA) is 151 Å². The fourth-order valence-corrected chi connectivity index (χ4v) is 4.64. The summed E-state index contributed by atoms with van der Waals surface area (Å²) in [6.07, 6.45) is 4.86. The van der Waals surface area contributed by atoms with E-state index in [1.165, 1.54) is 6.42 Å². The molecule has 0 aromatic carbocycles. The molecule has 10 heteroatoms. The molecule has 3 heterocycles. The van der Waals surface area contributed by atoms with E-state index in [1.54, 1.807) is 0 Å². The van der Waals surface area contributed by atoms with E-state index in [0.29, 0.717) is 18.9 Å². The van der Waals surface area contributed by atoms with Crippen molar-refractivity contribution in [1.82, 2.24) is 15.5 Å². The number of carbonyl (C=O) groups is 1. The number of carbonyl (C=O) groups excluding carboxylic acids is 1. The summed E-state index contributed by atoms with van der Waals surface area (Å²) in [7, 11) is 0. The van der Waals surface area contributed by atoms with Crippen LogP contribution in [0, 0.1) is 0 Å². The molecule has 1 spiro atoms. The molecule has 7 N–H and O–H groups in total. The molecule has 1 amide bonds. The normalized spacial score (nSPS) is 36.5. The summed E-state index contributed by atoms with van der Waals surface area (Å²) >= 11 is 0. The first-order valence-corrected chi connectivity index (χ1v) is 9.34. The van der Waals surface area contributed by atoms with Crippen molar-refractivity contribution in [2.45, 2.75) is 68.4 Å². The number of aliphatic imine (C=N–C) groups is 2. The van der Waals surface area contributed by atoms with Gasteiger partial charge in [-0.3, -0.25) is 0 Å². The van der Waals surface area contributed by atoms with E-state index in [9.17, 15) is 9.90 Å². The second-order valence-corrected chi connectivity index (χ2v) is 7.50. The molecule has 4 aliphatic rings. The molecule has 10 nitrogen and oxygen atoms in total. The van der Waals surface area contributed by atoms with Crippen LogP contribution >= 0.6 is 0 Å². The Labute approximate surface area is 152 Å². The number of ether oxygens (including phenoxy) is 1. The number of hydrogen-bond acceptors (Lipinski definition) is 9. The summed E-state index contributed by atoms with van der Waals surface area (Å²) in [5.74, 6) is 0.541. The third-order valence-corrected chi connectivity index (χ3v) is 5.89. The number of nitrogens with one attached hydrogen (secondary N) is 2. The number of aliphatic hydroxyl groups excluding tert-OH is 1. The zero-order chi connectivity index (χ0) is 18.3. The van der Waals surface area contributed by atoms with Crippen LogP contribution in [0.1, 0.15) is 38.5 Å². The van der Waals surface area contributed by atoms with Crippen molar-refractivity contribution in [2.24, 2.45) is 21.5 Å².